The molecule has 3 heterocycles. The molecular formula is C11H12BrN5O. The number of rotatable bonds is 2. The van der Waals surface area contributed by atoms with Gasteiger partial charge in [-0.2, -0.15) is 4.98 Å². The van der Waals surface area contributed by atoms with Gasteiger partial charge in [-0.25, -0.2) is 4.52 Å². The molecule has 0 aromatic carbocycles. The van der Waals surface area contributed by atoms with Gasteiger partial charge in [-0.05, 0) is 34.5 Å². The third-order valence-electron chi connectivity index (χ3n) is 3.03. The number of nitrogens with zero attached hydrogens (tertiary/aromatic N) is 4. The Morgan fingerprint density at radius 2 is 2.33 bits per heavy atom. The predicted molar refractivity (Wildman–Crippen MR) is 70.4 cm³/mol. The van der Waals surface area contributed by atoms with E-state index in [0.717, 1.165) is 23.1 Å². The van der Waals surface area contributed by atoms with Gasteiger partial charge in [0.15, 0.2) is 5.65 Å². The highest BCUT2D eigenvalue weighted by molar-refractivity contribution is 9.10. The van der Waals surface area contributed by atoms with Gasteiger partial charge in [0.2, 0.25) is 11.9 Å². The molecule has 1 fully saturated rings. The van der Waals surface area contributed by atoms with Crippen LogP contribution >= 0.6 is 15.9 Å². The first-order chi connectivity index (χ1) is 8.63. The highest BCUT2D eigenvalue weighted by Gasteiger charge is 2.29. The number of pyridine rings is 1. The number of likely N-dealkylation sites (N-methyl/N-ethyl adjacent to an activating group) is 1. The molecule has 2 aromatic heterocycles. The summed E-state index contributed by atoms with van der Waals surface area (Å²) in [5, 5.41) is 7.37. The zero-order valence-corrected chi connectivity index (χ0v) is 11.4. The van der Waals surface area contributed by atoms with Crippen molar-refractivity contribution < 1.29 is 4.79 Å². The Morgan fingerprint density at radius 1 is 1.50 bits per heavy atom. The fraction of sp³-hybridized carbons (Fsp3) is 0.364. The number of halogens is 1. The van der Waals surface area contributed by atoms with E-state index in [4.69, 9.17) is 0 Å². The van der Waals surface area contributed by atoms with Gasteiger partial charge in [-0.1, -0.05) is 0 Å². The van der Waals surface area contributed by atoms with Crippen molar-refractivity contribution in [1.29, 1.82) is 0 Å². The number of carbonyl (C=O) groups is 1. The van der Waals surface area contributed by atoms with Crippen molar-refractivity contribution in [3.8, 4) is 0 Å². The summed E-state index contributed by atoms with van der Waals surface area (Å²) in [6, 6.07) is 3.56. The number of nitrogens with one attached hydrogen (secondary N) is 1. The highest BCUT2D eigenvalue weighted by Crippen LogP contribution is 2.16. The average molecular weight is 310 g/mol. The molecule has 1 saturated heterocycles. The lowest BCUT2D eigenvalue weighted by atomic mass is 10.2. The van der Waals surface area contributed by atoms with Gasteiger partial charge >= 0.3 is 0 Å². The van der Waals surface area contributed by atoms with E-state index in [0.29, 0.717) is 5.95 Å². The third kappa shape index (κ3) is 1.94. The standard InChI is InChI=1S/C11H12BrN5O/c1-16-5-4-8(10(16)18)13-11-14-9-3-2-7(12)6-17(9)15-11/h2-3,6,8H,4-5H2,1H3,(H,13,15). The number of amides is 1. The lowest BCUT2D eigenvalue weighted by Crippen LogP contribution is -2.31. The maximum Gasteiger partial charge on any atom is 0.244 e. The van der Waals surface area contributed by atoms with Crippen molar-refractivity contribution in [2.24, 2.45) is 0 Å². The number of hydrogen-bond donors (Lipinski definition) is 1. The highest BCUT2D eigenvalue weighted by atomic mass is 79.9. The summed E-state index contributed by atoms with van der Waals surface area (Å²) in [5.41, 5.74) is 0.750. The Hall–Kier alpha value is -1.63. The summed E-state index contributed by atoms with van der Waals surface area (Å²) >= 11 is 3.38. The number of carbonyl (C=O) groups excluding carboxylic acids is 1. The summed E-state index contributed by atoms with van der Waals surface area (Å²) < 4.78 is 2.61. The van der Waals surface area contributed by atoms with E-state index in [-0.39, 0.29) is 11.9 Å². The van der Waals surface area contributed by atoms with Crippen LogP contribution in [0.1, 0.15) is 6.42 Å². The number of fused-ring (bicyclic) bond motifs is 1. The maximum absolute atomic E-state index is 11.8. The number of likely N-dealkylation sites (tertiary alicyclic amines) is 1. The van der Waals surface area contributed by atoms with Crippen molar-refractivity contribution in [2.75, 3.05) is 18.9 Å². The van der Waals surface area contributed by atoms with Gasteiger partial charge in [-0.15, -0.1) is 5.10 Å². The van der Waals surface area contributed by atoms with E-state index in [1.165, 1.54) is 0 Å². The van der Waals surface area contributed by atoms with Gasteiger partial charge in [0.05, 0.1) is 0 Å². The minimum atomic E-state index is -0.212. The summed E-state index contributed by atoms with van der Waals surface area (Å²) in [4.78, 5) is 17.8. The van der Waals surface area contributed by atoms with Crippen LogP contribution in [0.3, 0.4) is 0 Å². The Bertz CT molecular complexity index is 610. The van der Waals surface area contributed by atoms with Crippen LogP contribution in [0.15, 0.2) is 22.8 Å². The van der Waals surface area contributed by atoms with Crippen molar-refractivity contribution in [1.82, 2.24) is 19.5 Å². The Morgan fingerprint density at radius 3 is 3.06 bits per heavy atom. The van der Waals surface area contributed by atoms with Crippen LogP contribution in [0.5, 0.6) is 0 Å². The summed E-state index contributed by atoms with van der Waals surface area (Å²) in [6.45, 7) is 0.773. The SMILES string of the molecule is CN1CCC(Nc2nc3ccc(Br)cn3n2)C1=O. The second-order valence-corrected chi connectivity index (χ2v) is 5.25. The molecule has 0 bridgehead atoms. The predicted octanol–water partition coefficient (Wildman–Crippen LogP) is 1.13. The summed E-state index contributed by atoms with van der Waals surface area (Å²) in [6.07, 6.45) is 2.62. The van der Waals surface area contributed by atoms with Crippen molar-refractivity contribution in [3.05, 3.63) is 22.8 Å². The first-order valence-electron chi connectivity index (χ1n) is 5.67. The van der Waals surface area contributed by atoms with Crippen LogP contribution in [0.25, 0.3) is 5.65 Å². The number of aromatic nitrogens is 3. The molecule has 1 unspecified atom stereocenters. The van der Waals surface area contributed by atoms with E-state index in [1.807, 2.05) is 18.3 Å². The molecule has 1 aliphatic heterocycles. The maximum atomic E-state index is 11.8. The monoisotopic (exact) mass is 309 g/mol. The molecule has 3 rings (SSSR count). The normalized spacial score (nSPS) is 19.8. The fourth-order valence-electron chi connectivity index (χ4n) is 2.03. The Balaban J connectivity index is 1.85. The molecule has 94 valence electrons. The first kappa shape index (κ1) is 11.5. The zero-order valence-electron chi connectivity index (χ0n) is 9.80. The molecule has 6 nitrogen and oxygen atoms in total. The first-order valence-corrected chi connectivity index (χ1v) is 6.46. The van der Waals surface area contributed by atoms with Crippen molar-refractivity contribution in [2.45, 2.75) is 12.5 Å². The van der Waals surface area contributed by atoms with Crippen molar-refractivity contribution in [3.63, 3.8) is 0 Å². The minimum Gasteiger partial charge on any atom is -0.344 e. The smallest absolute Gasteiger partial charge is 0.244 e. The number of anilines is 1. The fourth-order valence-corrected chi connectivity index (χ4v) is 2.36. The van der Waals surface area contributed by atoms with E-state index in [1.54, 1.807) is 16.5 Å². The molecule has 0 saturated carbocycles. The number of hydrogen-bond acceptors (Lipinski definition) is 4. The lowest BCUT2D eigenvalue weighted by molar-refractivity contribution is -0.127. The summed E-state index contributed by atoms with van der Waals surface area (Å²) in [5.74, 6) is 0.580. The average Bonchev–Trinajstić information content (AvgIpc) is 2.86. The molecule has 2 aromatic rings. The van der Waals surface area contributed by atoms with Crippen LogP contribution in [-0.2, 0) is 4.79 Å². The molecule has 1 atom stereocenters. The van der Waals surface area contributed by atoms with Crippen LogP contribution in [0, 0.1) is 0 Å². The second kappa shape index (κ2) is 4.24. The van der Waals surface area contributed by atoms with Gasteiger partial charge in [0.25, 0.3) is 0 Å². The summed E-state index contributed by atoms with van der Waals surface area (Å²) in [7, 11) is 1.80. The minimum absolute atomic E-state index is 0.0926. The second-order valence-electron chi connectivity index (χ2n) is 4.33. The molecule has 0 aliphatic carbocycles. The van der Waals surface area contributed by atoms with Gasteiger partial charge < -0.3 is 10.2 Å². The van der Waals surface area contributed by atoms with Crippen molar-refractivity contribution >= 4 is 33.4 Å². The van der Waals surface area contributed by atoms with E-state index in [2.05, 4.69) is 31.3 Å². The molecule has 1 amide bonds. The van der Waals surface area contributed by atoms with Gasteiger partial charge in [0, 0.05) is 24.3 Å². The molecule has 0 spiro atoms. The molecular weight excluding hydrogens is 298 g/mol. The van der Waals surface area contributed by atoms with E-state index >= 15 is 0 Å². The third-order valence-corrected chi connectivity index (χ3v) is 3.49. The van der Waals surface area contributed by atoms with Crippen LogP contribution < -0.4 is 5.32 Å². The Kier molecular flexibility index (Phi) is 2.70. The topological polar surface area (TPSA) is 62.5 Å². The largest absolute Gasteiger partial charge is 0.344 e. The van der Waals surface area contributed by atoms with E-state index in [9.17, 15) is 4.79 Å². The molecule has 1 aliphatic rings. The quantitative estimate of drug-likeness (QED) is 0.903. The molecule has 1 N–H and O–H groups in total. The lowest BCUT2D eigenvalue weighted by Gasteiger charge is -2.10. The molecule has 0 radical (unpaired) electrons. The Labute approximate surface area is 112 Å². The molecule has 18 heavy (non-hydrogen) atoms. The zero-order chi connectivity index (χ0) is 12.7. The van der Waals surface area contributed by atoms with E-state index < -0.39 is 0 Å². The van der Waals surface area contributed by atoms with Gasteiger partial charge in [-0.3, -0.25) is 4.79 Å². The van der Waals surface area contributed by atoms with Crippen LogP contribution in [0.2, 0.25) is 0 Å². The van der Waals surface area contributed by atoms with Gasteiger partial charge in [0.1, 0.15) is 6.04 Å². The molecule has 7 heteroatoms. The van der Waals surface area contributed by atoms with Crippen LogP contribution in [0.4, 0.5) is 5.95 Å². The van der Waals surface area contributed by atoms with Crippen LogP contribution in [-0.4, -0.2) is 45.0 Å².